The van der Waals surface area contributed by atoms with E-state index in [4.69, 9.17) is 16.7 Å². The summed E-state index contributed by atoms with van der Waals surface area (Å²) in [6.07, 6.45) is 5.96. The second-order valence-electron chi connectivity index (χ2n) is 6.10. The molecule has 0 saturated heterocycles. The van der Waals surface area contributed by atoms with Gasteiger partial charge in [0.25, 0.3) is 0 Å². The van der Waals surface area contributed by atoms with Crippen LogP contribution in [0, 0.1) is 5.92 Å². The predicted molar refractivity (Wildman–Crippen MR) is 94.1 cm³/mol. The first-order valence-corrected chi connectivity index (χ1v) is 8.50. The Morgan fingerprint density at radius 3 is 2.60 bits per heavy atom. The fourth-order valence-corrected chi connectivity index (χ4v) is 3.29. The molecule has 0 radical (unpaired) electrons. The Kier molecular flexibility index (Phi) is 5.23. The summed E-state index contributed by atoms with van der Waals surface area (Å²) in [6, 6.07) is 6.68. The number of nitrogens with zero attached hydrogens (tertiary/aromatic N) is 2. The number of halogens is 1. The van der Waals surface area contributed by atoms with Crippen LogP contribution in [0.15, 0.2) is 36.7 Å². The van der Waals surface area contributed by atoms with Crippen LogP contribution in [0.3, 0.4) is 0 Å². The van der Waals surface area contributed by atoms with Gasteiger partial charge in [-0.2, -0.15) is 5.10 Å². The van der Waals surface area contributed by atoms with Gasteiger partial charge in [-0.05, 0) is 49.9 Å². The number of urea groups is 1. The van der Waals surface area contributed by atoms with Crippen LogP contribution in [-0.2, 0) is 4.79 Å². The summed E-state index contributed by atoms with van der Waals surface area (Å²) in [5, 5.41) is 19.2. The highest BCUT2D eigenvalue weighted by molar-refractivity contribution is 6.32. The molecule has 132 valence electrons. The predicted octanol–water partition coefficient (Wildman–Crippen LogP) is 3.29. The van der Waals surface area contributed by atoms with Crippen LogP contribution in [0.25, 0.3) is 5.69 Å². The molecule has 0 spiro atoms. The average molecular weight is 363 g/mol. The van der Waals surface area contributed by atoms with Gasteiger partial charge in [0.1, 0.15) is 0 Å². The highest BCUT2D eigenvalue weighted by Crippen LogP contribution is 2.25. The molecule has 1 aromatic heterocycles. The van der Waals surface area contributed by atoms with E-state index in [9.17, 15) is 9.59 Å². The molecule has 3 rings (SSSR count). The van der Waals surface area contributed by atoms with E-state index in [2.05, 4.69) is 15.7 Å². The minimum atomic E-state index is -0.755. The Labute approximate surface area is 150 Å². The zero-order valence-corrected chi connectivity index (χ0v) is 14.2. The number of anilines is 1. The van der Waals surface area contributed by atoms with Gasteiger partial charge < -0.3 is 15.7 Å². The number of benzene rings is 1. The Hall–Kier alpha value is -2.54. The number of rotatable bonds is 4. The van der Waals surface area contributed by atoms with Gasteiger partial charge in [-0.3, -0.25) is 4.79 Å². The van der Waals surface area contributed by atoms with Crippen molar-refractivity contribution in [2.24, 2.45) is 5.92 Å². The minimum absolute atomic E-state index is 0.00517. The molecule has 2 aromatic rings. The number of carbonyl (C=O) groups is 2. The van der Waals surface area contributed by atoms with Gasteiger partial charge in [0, 0.05) is 24.1 Å². The quantitative estimate of drug-likeness (QED) is 0.777. The van der Waals surface area contributed by atoms with Crippen molar-refractivity contribution in [1.82, 2.24) is 15.1 Å². The normalized spacial score (nSPS) is 20.0. The molecular weight excluding hydrogens is 344 g/mol. The SMILES string of the molecule is O=C(Nc1ccc(-n2cccn2)c(Cl)c1)NC1CCC(C(=O)O)CC1. The molecule has 2 amide bonds. The van der Waals surface area contributed by atoms with E-state index in [-0.39, 0.29) is 18.0 Å². The zero-order valence-electron chi connectivity index (χ0n) is 13.5. The molecule has 7 nitrogen and oxygen atoms in total. The Morgan fingerprint density at radius 2 is 2.00 bits per heavy atom. The lowest BCUT2D eigenvalue weighted by Crippen LogP contribution is -2.40. The van der Waals surface area contributed by atoms with Crippen LogP contribution in [0.2, 0.25) is 5.02 Å². The van der Waals surface area contributed by atoms with Crippen LogP contribution < -0.4 is 10.6 Å². The molecule has 8 heteroatoms. The van der Waals surface area contributed by atoms with Crippen LogP contribution in [0.4, 0.5) is 10.5 Å². The van der Waals surface area contributed by atoms with Crippen LogP contribution in [0.5, 0.6) is 0 Å². The van der Waals surface area contributed by atoms with Crippen LogP contribution in [0.1, 0.15) is 25.7 Å². The third-order valence-electron chi connectivity index (χ3n) is 4.37. The van der Waals surface area contributed by atoms with E-state index in [0.717, 1.165) is 5.69 Å². The van der Waals surface area contributed by atoms with Crippen molar-refractivity contribution in [1.29, 1.82) is 0 Å². The van der Waals surface area contributed by atoms with Crippen molar-refractivity contribution in [2.45, 2.75) is 31.7 Å². The monoisotopic (exact) mass is 362 g/mol. The van der Waals surface area contributed by atoms with E-state index in [1.165, 1.54) is 0 Å². The van der Waals surface area contributed by atoms with Crippen molar-refractivity contribution in [2.75, 3.05) is 5.32 Å². The van der Waals surface area contributed by atoms with Gasteiger partial charge in [0.05, 0.1) is 16.6 Å². The number of nitrogens with one attached hydrogen (secondary N) is 2. The topological polar surface area (TPSA) is 96.3 Å². The largest absolute Gasteiger partial charge is 0.481 e. The lowest BCUT2D eigenvalue weighted by molar-refractivity contribution is -0.142. The standard InChI is InChI=1S/C17H19ClN4O3/c18-14-10-13(6-7-15(14)22-9-1-8-19-22)21-17(25)20-12-4-2-11(3-5-12)16(23)24/h1,6-12H,2-5H2,(H,23,24)(H2,20,21,25). The highest BCUT2D eigenvalue weighted by atomic mass is 35.5. The van der Waals surface area contributed by atoms with Gasteiger partial charge in [-0.25, -0.2) is 9.48 Å². The fourth-order valence-electron chi connectivity index (χ4n) is 3.02. The number of hydrogen-bond donors (Lipinski definition) is 3. The third-order valence-corrected chi connectivity index (χ3v) is 4.67. The third kappa shape index (κ3) is 4.30. The lowest BCUT2D eigenvalue weighted by Gasteiger charge is -2.26. The summed E-state index contributed by atoms with van der Waals surface area (Å²) in [6.45, 7) is 0. The molecule has 1 aromatic carbocycles. The van der Waals surface area contributed by atoms with Crippen LogP contribution in [-0.4, -0.2) is 32.9 Å². The molecule has 1 fully saturated rings. The number of aromatic nitrogens is 2. The molecule has 25 heavy (non-hydrogen) atoms. The van der Waals surface area contributed by atoms with E-state index in [1.54, 1.807) is 41.3 Å². The number of carboxylic acids is 1. The van der Waals surface area contributed by atoms with Gasteiger partial charge in [0.2, 0.25) is 0 Å². The van der Waals surface area contributed by atoms with E-state index >= 15 is 0 Å². The molecule has 1 aliphatic carbocycles. The number of carboxylic acid groups (broad SMARTS) is 1. The maximum absolute atomic E-state index is 12.1. The summed E-state index contributed by atoms with van der Waals surface area (Å²) in [4.78, 5) is 23.1. The average Bonchev–Trinajstić information content (AvgIpc) is 3.09. The minimum Gasteiger partial charge on any atom is -0.481 e. The van der Waals surface area contributed by atoms with Crippen molar-refractivity contribution in [3.8, 4) is 5.69 Å². The summed E-state index contributed by atoms with van der Waals surface area (Å²) in [5.74, 6) is -1.05. The number of amides is 2. The first kappa shape index (κ1) is 17.3. The Balaban J connectivity index is 1.55. The zero-order chi connectivity index (χ0) is 17.8. The molecule has 0 unspecified atom stereocenters. The first-order chi connectivity index (χ1) is 12.0. The highest BCUT2D eigenvalue weighted by Gasteiger charge is 2.26. The molecule has 1 heterocycles. The molecule has 3 N–H and O–H groups in total. The summed E-state index contributed by atoms with van der Waals surface area (Å²) < 4.78 is 1.65. The van der Waals surface area contributed by atoms with Crippen molar-refractivity contribution < 1.29 is 14.7 Å². The molecule has 1 aliphatic rings. The number of aliphatic carboxylic acids is 1. The molecular formula is C17H19ClN4O3. The Morgan fingerprint density at radius 1 is 1.24 bits per heavy atom. The molecule has 0 atom stereocenters. The fraction of sp³-hybridized carbons (Fsp3) is 0.353. The summed E-state index contributed by atoms with van der Waals surface area (Å²) in [5.41, 5.74) is 1.31. The van der Waals surface area contributed by atoms with Crippen LogP contribution >= 0.6 is 11.6 Å². The van der Waals surface area contributed by atoms with Gasteiger partial charge in [-0.1, -0.05) is 11.6 Å². The van der Waals surface area contributed by atoms with Crippen molar-refractivity contribution >= 4 is 29.3 Å². The van der Waals surface area contributed by atoms with E-state index < -0.39 is 5.97 Å². The smallest absolute Gasteiger partial charge is 0.319 e. The maximum Gasteiger partial charge on any atom is 0.319 e. The lowest BCUT2D eigenvalue weighted by atomic mass is 9.86. The second-order valence-corrected chi connectivity index (χ2v) is 6.51. The molecule has 0 aliphatic heterocycles. The van der Waals surface area contributed by atoms with E-state index in [0.29, 0.717) is 36.4 Å². The second kappa shape index (κ2) is 7.57. The van der Waals surface area contributed by atoms with E-state index in [1.807, 2.05) is 0 Å². The maximum atomic E-state index is 12.1. The van der Waals surface area contributed by atoms with Gasteiger partial charge in [0.15, 0.2) is 0 Å². The first-order valence-electron chi connectivity index (χ1n) is 8.13. The van der Waals surface area contributed by atoms with Crippen molar-refractivity contribution in [3.63, 3.8) is 0 Å². The molecule has 1 saturated carbocycles. The Bertz CT molecular complexity index is 755. The van der Waals surface area contributed by atoms with Gasteiger partial charge in [-0.15, -0.1) is 0 Å². The summed E-state index contributed by atoms with van der Waals surface area (Å²) in [7, 11) is 0. The van der Waals surface area contributed by atoms with Crippen molar-refractivity contribution in [3.05, 3.63) is 41.7 Å². The van der Waals surface area contributed by atoms with Gasteiger partial charge >= 0.3 is 12.0 Å². The molecule has 0 bridgehead atoms. The number of hydrogen-bond acceptors (Lipinski definition) is 3. The number of carbonyl (C=O) groups excluding carboxylic acids is 1. The summed E-state index contributed by atoms with van der Waals surface area (Å²) >= 11 is 6.25.